The molecule has 0 saturated heterocycles. The molecule has 3 heteroatoms. The molecule has 0 amide bonds. The number of likely N-dealkylation sites (N-methyl/N-ethyl adjacent to an activating group) is 1. The first-order valence-corrected chi connectivity index (χ1v) is 7.27. The first-order chi connectivity index (χ1) is 8.43. The van der Waals surface area contributed by atoms with Crippen molar-refractivity contribution in [2.24, 2.45) is 5.92 Å². The lowest BCUT2D eigenvalue weighted by molar-refractivity contribution is -0.0979. The standard InChI is InChI=1S/C15H31NO2/c1-13-7-6-8-15(11-13,12-16-4)18-10-9-14(2,3)17-5/h13,16H,6-12H2,1-5H3. The molecular weight excluding hydrogens is 226 g/mol. The molecule has 0 heterocycles. The summed E-state index contributed by atoms with van der Waals surface area (Å²) in [4.78, 5) is 0. The molecule has 3 nitrogen and oxygen atoms in total. The average molecular weight is 257 g/mol. The molecule has 0 spiro atoms. The molecule has 0 aromatic heterocycles. The van der Waals surface area contributed by atoms with E-state index in [2.05, 4.69) is 26.1 Å². The van der Waals surface area contributed by atoms with Crippen LogP contribution in [0.5, 0.6) is 0 Å². The fourth-order valence-corrected chi connectivity index (χ4v) is 2.89. The summed E-state index contributed by atoms with van der Waals surface area (Å²) in [5.74, 6) is 0.780. The van der Waals surface area contributed by atoms with Crippen LogP contribution in [-0.2, 0) is 9.47 Å². The number of methoxy groups -OCH3 is 1. The Bertz CT molecular complexity index is 239. The number of hydrogen-bond donors (Lipinski definition) is 1. The highest BCUT2D eigenvalue weighted by atomic mass is 16.5. The van der Waals surface area contributed by atoms with Crippen molar-refractivity contribution >= 4 is 0 Å². The quantitative estimate of drug-likeness (QED) is 0.760. The van der Waals surface area contributed by atoms with Crippen LogP contribution in [-0.4, -0.2) is 38.5 Å². The Morgan fingerprint density at radius 2 is 2.11 bits per heavy atom. The summed E-state index contributed by atoms with van der Waals surface area (Å²) < 4.78 is 11.7. The van der Waals surface area contributed by atoms with Gasteiger partial charge in [-0.1, -0.05) is 19.8 Å². The summed E-state index contributed by atoms with van der Waals surface area (Å²) in [5, 5.41) is 3.30. The van der Waals surface area contributed by atoms with Gasteiger partial charge in [0.05, 0.1) is 17.8 Å². The van der Waals surface area contributed by atoms with Crippen LogP contribution in [0, 0.1) is 5.92 Å². The molecule has 2 unspecified atom stereocenters. The van der Waals surface area contributed by atoms with Crippen LogP contribution in [0.1, 0.15) is 52.9 Å². The van der Waals surface area contributed by atoms with Gasteiger partial charge in [0, 0.05) is 13.7 Å². The molecule has 1 aliphatic carbocycles. The molecule has 1 aliphatic rings. The summed E-state index contributed by atoms with van der Waals surface area (Å²) in [6, 6.07) is 0. The van der Waals surface area contributed by atoms with Crippen LogP contribution in [0.25, 0.3) is 0 Å². The predicted molar refractivity (Wildman–Crippen MR) is 75.9 cm³/mol. The van der Waals surface area contributed by atoms with Crippen LogP contribution < -0.4 is 5.32 Å². The van der Waals surface area contributed by atoms with Crippen molar-refractivity contribution in [1.82, 2.24) is 5.32 Å². The lowest BCUT2D eigenvalue weighted by Crippen LogP contribution is -2.46. The van der Waals surface area contributed by atoms with Gasteiger partial charge in [-0.15, -0.1) is 0 Å². The van der Waals surface area contributed by atoms with E-state index < -0.39 is 0 Å². The molecule has 1 rings (SSSR count). The first-order valence-electron chi connectivity index (χ1n) is 7.27. The molecule has 1 N–H and O–H groups in total. The predicted octanol–water partition coefficient (Wildman–Crippen LogP) is 2.99. The highest BCUT2D eigenvalue weighted by Gasteiger charge is 2.35. The molecule has 0 aromatic rings. The summed E-state index contributed by atoms with van der Waals surface area (Å²) in [5.41, 5.74) is -0.0304. The van der Waals surface area contributed by atoms with Gasteiger partial charge < -0.3 is 14.8 Å². The Balaban J connectivity index is 2.47. The second-order valence-corrected chi connectivity index (χ2v) is 6.48. The van der Waals surface area contributed by atoms with E-state index in [9.17, 15) is 0 Å². The molecule has 1 saturated carbocycles. The average Bonchev–Trinajstić information content (AvgIpc) is 2.29. The van der Waals surface area contributed by atoms with Gasteiger partial charge in [-0.25, -0.2) is 0 Å². The van der Waals surface area contributed by atoms with Crippen molar-refractivity contribution in [2.45, 2.75) is 64.1 Å². The second-order valence-electron chi connectivity index (χ2n) is 6.48. The van der Waals surface area contributed by atoms with Gasteiger partial charge in [0.25, 0.3) is 0 Å². The van der Waals surface area contributed by atoms with Crippen LogP contribution in [0.2, 0.25) is 0 Å². The van der Waals surface area contributed by atoms with E-state index >= 15 is 0 Å². The van der Waals surface area contributed by atoms with E-state index in [1.165, 1.54) is 25.7 Å². The van der Waals surface area contributed by atoms with Crippen LogP contribution in [0.4, 0.5) is 0 Å². The van der Waals surface area contributed by atoms with Crippen LogP contribution in [0.3, 0.4) is 0 Å². The van der Waals surface area contributed by atoms with Crippen molar-refractivity contribution in [3.05, 3.63) is 0 Å². The van der Waals surface area contributed by atoms with Gasteiger partial charge in [-0.2, -0.15) is 0 Å². The second kappa shape index (κ2) is 6.88. The lowest BCUT2D eigenvalue weighted by atomic mass is 9.78. The van der Waals surface area contributed by atoms with Gasteiger partial charge in [0.2, 0.25) is 0 Å². The topological polar surface area (TPSA) is 30.5 Å². The van der Waals surface area contributed by atoms with E-state index in [1.54, 1.807) is 7.11 Å². The summed E-state index contributed by atoms with van der Waals surface area (Å²) in [6.45, 7) is 8.32. The summed E-state index contributed by atoms with van der Waals surface area (Å²) in [6.07, 6.45) is 5.95. The zero-order chi connectivity index (χ0) is 13.6. The van der Waals surface area contributed by atoms with E-state index in [-0.39, 0.29) is 11.2 Å². The maximum absolute atomic E-state index is 6.28. The van der Waals surface area contributed by atoms with Crippen molar-refractivity contribution in [1.29, 1.82) is 0 Å². The normalized spacial score (nSPS) is 29.5. The van der Waals surface area contributed by atoms with E-state index in [0.29, 0.717) is 0 Å². The van der Waals surface area contributed by atoms with Crippen molar-refractivity contribution in [2.75, 3.05) is 27.3 Å². The third-order valence-electron chi connectivity index (χ3n) is 4.21. The molecular formula is C15H31NO2. The number of hydrogen-bond acceptors (Lipinski definition) is 3. The Labute approximate surface area is 113 Å². The minimum Gasteiger partial charge on any atom is -0.379 e. The monoisotopic (exact) mass is 257 g/mol. The SMILES string of the molecule is CNCC1(OCCC(C)(C)OC)CCCC(C)C1. The van der Waals surface area contributed by atoms with Gasteiger partial charge in [0.15, 0.2) is 0 Å². The number of nitrogens with one attached hydrogen (secondary N) is 1. The summed E-state index contributed by atoms with van der Waals surface area (Å²) >= 11 is 0. The maximum Gasteiger partial charge on any atom is 0.0808 e. The molecule has 18 heavy (non-hydrogen) atoms. The van der Waals surface area contributed by atoms with Gasteiger partial charge in [0.1, 0.15) is 0 Å². The van der Waals surface area contributed by atoms with E-state index in [1.807, 2.05) is 7.05 Å². The van der Waals surface area contributed by atoms with Crippen LogP contribution >= 0.6 is 0 Å². The third-order valence-corrected chi connectivity index (χ3v) is 4.21. The smallest absolute Gasteiger partial charge is 0.0808 e. The van der Waals surface area contributed by atoms with Crippen LogP contribution in [0.15, 0.2) is 0 Å². The Morgan fingerprint density at radius 3 is 2.67 bits per heavy atom. The minimum atomic E-state index is -0.0822. The minimum absolute atomic E-state index is 0.0518. The van der Waals surface area contributed by atoms with Gasteiger partial charge in [-0.05, 0) is 46.1 Å². The molecule has 0 radical (unpaired) electrons. The molecule has 2 atom stereocenters. The van der Waals surface area contributed by atoms with E-state index in [4.69, 9.17) is 9.47 Å². The van der Waals surface area contributed by atoms with Crippen molar-refractivity contribution in [3.63, 3.8) is 0 Å². The number of rotatable bonds is 7. The molecule has 1 fully saturated rings. The largest absolute Gasteiger partial charge is 0.379 e. The van der Waals surface area contributed by atoms with E-state index in [0.717, 1.165) is 25.5 Å². The zero-order valence-corrected chi connectivity index (χ0v) is 12.8. The molecule has 108 valence electrons. The highest BCUT2D eigenvalue weighted by molar-refractivity contribution is 4.89. The molecule has 0 aromatic carbocycles. The van der Waals surface area contributed by atoms with Crippen molar-refractivity contribution < 1.29 is 9.47 Å². The fraction of sp³-hybridized carbons (Fsp3) is 1.00. The maximum atomic E-state index is 6.28. The van der Waals surface area contributed by atoms with Gasteiger partial charge >= 0.3 is 0 Å². The molecule has 0 bridgehead atoms. The highest BCUT2D eigenvalue weighted by Crippen LogP contribution is 2.35. The first kappa shape index (κ1) is 15.9. The molecule has 0 aliphatic heterocycles. The Hall–Kier alpha value is -0.120. The Morgan fingerprint density at radius 1 is 1.39 bits per heavy atom. The number of ether oxygens (including phenoxy) is 2. The van der Waals surface area contributed by atoms with Gasteiger partial charge in [-0.3, -0.25) is 0 Å². The lowest BCUT2D eigenvalue weighted by Gasteiger charge is -2.40. The van der Waals surface area contributed by atoms with Crippen molar-refractivity contribution in [3.8, 4) is 0 Å². The summed E-state index contributed by atoms with van der Waals surface area (Å²) in [7, 11) is 3.79. The third kappa shape index (κ3) is 4.87. The zero-order valence-electron chi connectivity index (χ0n) is 12.8. The fourth-order valence-electron chi connectivity index (χ4n) is 2.89. The Kier molecular flexibility index (Phi) is 6.09.